The van der Waals surface area contributed by atoms with E-state index in [-0.39, 0.29) is 6.04 Å². The highest BCUT2D eigenvalue weighted by Gasteiger charge is 2.34. The van der Waals surface area contributed by atoms with Crippen molar-refractivity contribution < 1.29 is 5.11 Å². The summed E-state index contributed by atoms with van der Waals surface area (Å²) < 4.78 is 0. The summed E-state index contributed by atoms with van der Waals surface area (Å²) in [7, 11) is 0. The monoisotopic (exact) mass is 197 g/mol. The molecule has 0 fully saturated rings. The van der Waals surface area contributed by atoms with Gasteiger partial charge >= 0.3 is 0 Å². The molecular formula is C12H23NO. The third-order valence-electron chi connectivity index (χ3n) is 2.87. The van der Waals surface area contributed by atoms with Crippen molar-refractivity contribution in [1.82, 2.24) is 0 Å². The van der Waals surface area contributed by atoms with Crippen molar-refractivity contribution in [3.8, 4) is 0 Å². The molecule has 0 rings (SSSR count). The van der Waals surface area contributed by atoms with Crippen molar-refractivity contribution in [3.05, 3.63) is 25.3 Å². The molecule has 0 aromatic rings. The van der Waals surface area contributed by atoms with E-state index in [4.69, 9.17) is 5.73 Å². The molecule has 0 saturated heterocycles. The van der Waals surface area contributed by atoms with Gasteiger partial charge in [0, 0.05) is 6.04 Å². The zero-order chi connectivity index (χ0) is 11.2. The largest absolute Gasteiger partial charge is 0.388 e. The number of aliphatic hydroxyl groups is 1. The highest BCUT2D eigenvalue weighted by Crippen LogP contribution is 2.25. The summed E-state index contributed by atoms with van der Waals surface area (Å²) in [5, 5.41) is 10.3. The molecule has 0 radical (unpaired) electrons. The first-order valence-electron chi connectivity index (χ1n) is 5.21. The third-order valence-corrected chi connectivity index (χ3v) is 2.87. The van der Waals surface area contributed by atoms with Crippen LogP contribution in [0.4, 0.5) is 0 Å². The second kappa shape index (κ2) is 5.99. The maximum atomic E-state index is 10.3. The molecule has 0 saturated carbocycles. The molecule has 0 heterocycles. The molecule has 0 amide bonds. The molecule has 0 aromatic heterocycles. The lowest BCUT2D eigenvalue weighted by Gasteiger charge is -2.35. The van der Waals surface area contributed by atoms with E-state index in [1.54, 1.807) is 12.2 Å². The molecule has 0 aliphatic heterocycles. The molecule has 0 aliphatic rings. The lowest BCUT2D eigenvalue weighted by Crippen LogP contribution is -2.51. The first kappa shape index (κ1) is 13.4. The molecule has 14 heavy (non-hydrogen) atoms. The second-order valence-electron chi connectivity index (χ2n) is 4.00. The Morgan fingerprint density at radius 3 is 2.07 bits per heavy atom. The van der Waals surface area contributed by atoms with Gasteiger partial charge < -0.3 is 10.8 Å². The fourth-order valence-electron chi connectivity index (χ4n) is 1.64. The Morgan fingerprint density at radius 1 is 1.36 bits per heavy atom. The molecule has 0 aliphatic carbocycles. The van der Waals surface area contributed by atoms with Crippen molar-refractivity contribution in [3.63, 3.8) is 0 Å². The number of hydrogen-bond acceptors (Lipinski definition) is 2. The Balaban J connectivity index is 4.60. The number of hydrogen-bond donors (Lipinski definition) is 2. The van der Waals surface area contributed by atoms with Gasteiger partial charge in [0.15, 0.2) is 0 Å². The average molecular weight is 197 g/mol. The van der Waals surface area contributed by atoms with E-state index in [0.29, 0.717) is 18.8 Å². The van der Waals surface area contributed by atoms with Crippen LogP contribution >= 0.6 is 0 Å². The molecule has 0 aromatic carbocycles. The van der Waals surface area contributed by atoms with E-state index < -0.39 is 5.60 Å². The molecule has 3 N–H and O–H groups in total. The van der Waals surface area contributed by atoms with Gasteiger partial charge in [-0.25, -0.2) is 0 Å². The van der Waals surface area contributed by atoms with Gasteiger partial charge in [-0.05, 0) is 18.8 Å². The van der Waals surface area contributed by atoms with Crippen LogP contribution in [0.25, 0.3) is 0 Å². The van der Waals surface area contributed by atoms with Crippen LogP contribution in [-0.2, 0) is 0 Å². The van der Waals surface area contributed by atoms with Crippen LogP contribution in [0, 0.1) is 5.92 Å². The van der Waals surface area contributed by atoms with Crippen molar-refractivity contribution in [2.45, 2.75) is 44.8 Å². The third kappa shape index (κ3) is 3.28. The van der Waals surface area contributed by atoms with Crippen LogP contribution in [0.15, 0.2) is 25.3 Å². The second-order valence-corrected chi connectivity index (χ2v) is 4.00. The Bertz CT molecular complexity index is 179. The molecular weight excluding hydrogens is 174 g/mol. The van der Waals surface area contributed by atoms with E-state index in [2.05, 4.69) is 27.0 Å². The zero-order valence-corrected chi connectivity index (χ0v) is 9.37. The summed E-state index contributed by atoms with van der Waals surface area (Å²) in [6.07, 6.45) is 5.43. The number of nitrogens with two attached hydrogens (primary N) is 1. The Morgan fingerprint density at radius 2 is 1.79 bits per heavy atom. The van der Waals surface area contributed by atoms with Gasteiger partial charge in [-0.2, -0.15) is 0 Å². The molecule has 2 heteroatoms. The van der Waals surface area contributed by atoms with Crippen LogP contribution in [0.5, 0.6) is 0 Å². The van der Waals surface area contributed by atoms with Crippen molar-refractivity contribution in [2.75, 3.05) is 0 Å². The first-order chi connectivity index (χ1) is 6.51. The average Bonchev–Trinajstić information content (AvgIpc) is 2.16. The lowest BCUT2D eigenvalue weighted by atomic mass is 9.80. The van der Waals surface area contributed by atoms with Crippen LogP contribution in [0.1, 0.15) is 33.1 Å². The van der Waals surface area contributed by atoms with Gasteiger partial charge in [-0.3, -0.25) is 0 Å². The van der Waals surface area contributed by atoms with Gasteiger partial charge in [0.2, 0.25) is 0 Å². The maximum Gasteiger partial charge on any atom is 0.0868 e. The first-order valence-corrected chi connectivity index (χ1v) is 5.21. The van der Waals surface area contributed by atoms with Gasteiger partial charge in [0.25, 0.3) is 0 Å². The standard InChI is InChI=1S/C12H23NO/c1-5-8-12(14,9-6-2)11(13)10(4)7-3/h5-6,10-11,14H,1-2,7-9,13H2,3-4H3. The molecule has 0 bridgehead atoms. The zero-order valence-electron chi connectivity index (χ0n) is 9.37. The summed E-state index contributed by atoms with van der Waals surface area (Å²) in [4.78, 5) is 0. The SMILES string of the molecule is C=CCC(O)(CC=C)C(N)C(C)CC. The van der Waals surface area contributed by atoms with Gasteiger partial charge in [0.05, 0.1) is 5.60 Å². The molecule has 0 spiro atoms. The van der Waals surface area contributed by atoms with E-state index in [1.165, 1.54) is 0 Å². The quantitative estimate of drug-likeness (QED) is 0.615. The van der Waals surface area contributed by atoms with E-state index in [9.17, 15) is 5.11 Å². The fourth-order valence-corrected chi connectivity index (χ4v) is 1.64. The lowest BCUT2D eigenvalue weighted by molar-refractivity contribution is 0.00223. The predicted molar refractivity (Wildman–Crippen MR) is 62.0 cm³/mol. The summed E-state index contributed by atoms with van der Waals surface area (Å²) in [5.41, 5.74) is 5.16. The minimum absolute atomic E-state index is 0.219. The smallest absolute Gasteiger partial charge is 0.0868 e. The van der Waals surface area contributed by atoms with Crippen LogP contribution in [0.3, 0.4) is 0 Å². The van der Waals surface area contributed by atoms with E-state index >= 15 is 0 Å². The molecule has 2 nitrogen and oxygen atoms in total. The summed E-state index contributed by atoms with van der Waals surface area (Å²) >= 11 is 0. The molecule has 2 unspecified atom stereocenters. The Kier molecular flexibility index (Phi) is 5.73. The highest BCUT2D eigenvalue weighted by atomic mass is 16.3. The van der Waals surface area contributed by atoms with Crippen molar-refractivity contribution in [2.24, 2.45) is 11.7 Å². The normalized spacial score (nSPS) is 16.0. The predicted octanol–water partition coefficient (Wildman–Crippen LogP) is 2.24. The van der Waals surface area contributed by atoms with Crippen LogP contribution in [0.2, 0.25) is 0 Å². The van der Waals surface area contributed by atoms with Crippen LogP contribution < -0.4 is 5.73 Å². The van der Waals surface area contributed by atoms with Crippen molar-refractivity contribution in [1.29, 1.82) is 0 Å². The van der Waals surface area contributed by atoms with Crippen LogP contribution in [-0.4, -0.2) is 16.7 Å². The number of rotatable bonds is 7. The summed E-state index contributed by atoms with van der Waals surface area (Å²) in [6, 6.07) is -0.219. The Hall–Kier alpha value is -0.600. The van der Waals surface area contributed by atoms with E-state index in [0.717, 1.165) is 6.42 Å². The molecule has 2 atom stereocenters. The van der Waals surface area contributed by atoms with Gasteiger partial charge in [0.1, 0.15) is 0 Å². The summed E-state index contributed by atoms with van der Waals surface area (Å²) in [5.74, 6) is 0.305. The minimum Gasteiger partial charge on any atom is -0.388 e. The fraction of sp³-hybridized carbons (Fsp3) is 0.667. The maximum absolute atomic E-state index is 10.3. The minimum atomic E-state index is -0.876. The van der Waals surface area contributed by atoms with E-state index in [1.807, 2.05) is 0 Å². The Labute approximate surface area is 87.5 Å². The highest BCUT2D eigenvalue weighted by molar-refractivity contribution is 5.00. The summed E-state index contributed by atoms with van der Waals surface area (Å²) in [6.45, 7) is 11.4. The van der Waals surface area contributed by atoms with Gasteiger partial charge in [-0.15, -0.1) is 13.2 Å². The molecule has 82 valence electrons. The van der Waals surface area contributed by atoms with Gasteiger partial charge in [-0.1, -0.05) is 32.4 Å². The topological polar surface area (TPSA) is 46.2 Å². The van der Waals surface area contributed by atoms with Crippen molar-refractivity contribution >= 4 is 0 Å².